The number of hydrogen-bond donors (Lipinski definition) is 2. The summed E-state index contributed by atoms with van der Waals surface area (Å²) in [5.41, 5.74) is 1.89. The van der Waals surface area contributed by atoms with Crippen LogP contribution in [-0.2, 0) is 4.79 Å². The number of methoxy groups -OCH3 is 1. The molecule has 0 fully saturated rings. The Balaban J connectivity index is 1.34. The Kier molecular flexibility index (Phi) is 8.84. The lowest BCUT2D eigenvalue weighted by molar-refractivity contribution is -0.115. The minimum atomic E-state index is -0.298. The van der Waals surface area contributed by atoms with Gasteiger partial charge in [0.2, 0.25) is 5.91 Å². The first-order valence-electron chi connectivity index (χ1n) is 11.9. The molecule has 2 amide bonds. The Morgan fingerprint density at radius 2 is 1.43 bits per heavy atom. The highest BCUT2D eigenvalue weighted by molar-refractivity contribution is 8.00. The SMILES string of the molecule is CCC(Sc1cccc(NC(=O)c2ccc(OC)cc2)c1)C(=O)Nc1ccc(Oc2ccccc2)cc1. The number of carbonyl (C=O) groups is 2. The molecule has 0 saturated heterocycles. The number of hydrogen-bond acceptors (Lipinski definition) is 5. The highest BCUT2D eigenvalue weighted by Gasteiger charge is 2.18. The molecule has 0 aromatic heterocycles. The summed E-state index contributed by atoms with van der Waals surface area (Å²) in [4.78, 5) is 26.5. The van der Waals surface area contributed by atoms with Crippen LogP contribution in [-0.4, -0.2) is 24.2 Å². The van der Waals surface area contributed by atoms with Crippen molar-refractivity contribution in [1.29, 1.82) is 0 Å². The highest BCUT2D eigenvalue weighted by Crippen LogP contribution is 2.29. The zero-order valence-electron chi connectivity index (χ0n) is 20.6. The van der Waals surface area contributed by atoms with Crippen molar-refractivity contribution >= 4 is 35.0 Å². The van der Waals surface area contributed by atoms with Gasteiger partial charge in [-0.25, -0.2) is 0 Å². The molecule has 0 aliphatic carbocycles. The average molecular weight is 513 g/mol. The minimum absolute atomic E-state index is 0.0862. The predicted molar refractivity (Wildman–Crippen MR) is 149 cm³/mol. The molecule has 2 N–H and O–H groups in total. The van der Waals surface area contributed by atoms with E-state index in [4.69, 9.17) is 9.47 Å². The van der Waals surface area contributed by atoms with Gasteiger partial charge in [-0.15, -0.1) is 11.8 Å². The summed E-state index contributed by atoms with van der Waals surface area (Å²) in [5.74, 6) is 1.84. The van der Waals surface area contributed by atoms with Crippen molar-refractivity contribution in [2.24, 2.45) is 0 Å². The molecule has 37 heavy (non-hydrogen) atoms. The molecular weight excluding hydrogens is 484 g/mol. The van der Waals surface area contributed by atoms with Crippen LogP contribution in [0.25, 0.3) is 0 Å². The fourth-order valence-electron chi connectivity index (χ4n) is 3.53. The molecule has 0 aliphatic rings. The number of rotatable bonds is 10. The van der Waals surface area contributed by atoms with Gasteiger partial charge in [0.1, 0.15) is 17.2 Å². The Hall–Kier alpha value is -4.23. The fraction of sp³-hybridized carbons (Fsp3) is 0.133. The van der Waals surface area contributed by atoms with E-state index in [0.717, 1.165) is 10.6 Å². The number of anilines is 2. The Morgan fingerprint density at radius 3 is 2.11 bits per heavy atom. The first-order valence-corrected chi connectivity index (χ1v) is 12.8. The number of carbonyl (C=O) groups excluding carboxylic acids is 2. The van der Waals surface area contributed by atoms with Crippen LogP contribution in [0.3, 0.4) is 0 Å². The van der Waals surface area contributed by atoms with Gasteiger partial charge in [-0.1, -0.05) is 31.2 Å². The summed E-state index contributed by atoms with van der Waals surface area (Å²) in [6.07, 6.45) is 0.647. The Morgan fingerprint density at radius 1 is 0.757 bits per heavy atom. The molecule has 4 aromatic carbocycles. The minimum Gasteiger partial charge on any atom is -0.497 e. The lowest BCUT2D eigenvalue weighted by Gasteiger charge is -2.16. The average Bonchev–Trinajstić information content (AvgIpc) is 2.93. The molecule has 0 aliphatic heterocycles. The van der Waals surface area contributed by atoms with Crippen LogP contribution in [0.5, 0.6) is 17.2 Å². The molecule has 1 atom stereocenters. The third-order valence-electron chi connectivity index (χ3n) is 5.49. The van der Waals surface area contributed by atoms with Crippen LogP contribution in [0.1, 0.15) is 23.7 Å². The number of thioether (sulfide) groups is 1. The van der Waals surface area contributed by atoms with Crippen LogP contribution in [0.15, 0.2) is 108 Å². The zero-order chi connectivity index (χ0) is 26.0. The van der Waals surface area contributed by atoms with E-state index in [-0.39, 0.29) is 17.1 Å². The largest absolute Gasteiger partial charge is 0.497 e. The summed E-state index contributed by atoms with van der Waals surface area (Å²) in [6.45, 7) is 1.98. The standard InChI is InChI=1S/C30H28N2O4S/c1-3-28(30(34)31-22-14-18-26(19-15-22)36-25-9-5-4-6-10-25)37-27-11-7-8-23(20-27)32-29(33)21-12-16-24(35-2)17-13-21/h4-20,28H,3H2,1-2H3,(H,31,34)(H,32,33). The van der Waals surface area contributed by atoms with Crippen molar-refractivity contribution in [3.8, 4) is 17.2 Å². The summed E-state index contributed by atoms with van der Waals surface area (Å²) in [7, 11) is 1.58. The Bertz CT molecular complexity index is 1330. The first kappa shape index (κ1) is 25.9. The number of nitrogens with one attached hydrogen (secondary N) is 2. The van der Waals surface area contributed by atoms with Crippen LogP contribution >= 0.6 is 11.8 Å². The number of amides is 2. The summed E-state index contributed by atoms with van der Waals surface area (Å²) >= 11 is 1.46. The van der Waals surface area contributed by atoms with Crippen molar-refractivity contribution in [2.75, 3.05) is 17.7 Å². The van der Waals surface area contributed by atoms with E-state index in [1.807, 2.05) is 85.8 Å². The van der Waals surface area contributed by atoms with E-state index in [1.165, 1.54) is 11.8 Å². The van der Waals surface area contributed by atoms with E-state index in [0.29, 0.717) is 34.9 Å². The van der Waals surface area contributed by atoms with Crippen molar-refractivity contribution < 1.29 is 19.1 Å². The molecule has 6 nitrogen and oxygen atoms in total. The molecule has 188 valence electrons. The topological polar surface area (TPSA) is 76.7 Å². The zero-order valence-corrected chi connectivity index (χ0v) is 21.5. The summed E-state index contributed by atoms with van der Waals surface area (Å²) < 4.78 is 11.0. The predicted octanol–water partition coefficient (Wildman–Crippen LogP) is 7.25. The molecule has 0 heterocycles. The van der Waals surface area contributed by atoms with E-state index in [9.17, 15) is 9.59 Å². The van der Waals surface area contributed by atoms with E-state index in [2.05, 4.69) is 10.6 Å². The quantitative estimate of drug-likeness (QED) is 0.219. The van der Waals surface area contributed by atoms with Gasteiger partial charge in [0.25, 0.3) is 5.91 Å². The second kappa shape index (κ2) is 12.6. The monoisotopic (exact) mass is 512 g/mol. The van der Waals surface area contributed by atoms with E-state index < -0.39 is 0 Å². The maximum Gasteiger partial charge on any atom is 0.255 e. The third-order valence-corrected chi connectivity index (χ3v) is 6.84. The number of ether oxygens (including phenoxy) is 2. The van der Waals surface area contributed by atoms with Crippen LogP contribution < -0.4 is 20.1 Å². The van der Waals surface area contributed by atoms with Gasteiger partial charge in [0.15, 0.2) is 0 Å². The first-order chi connectivity index (χ1) is 18.0. The van der Waals surface area contributed by atoms with Gasteiger partial charge in [0, 0.05) is 21.8 Å². The second-order valence-corrected chi connectivity index (χ2v) is 9.43. The van der Waals surface area contributed by atoms with Gasteiger partial charge in [-0.2, -0.15) is 0 Å². The lowest BCUT2D eigenvalue weighted by atomic mass is 10.2. The maximum absolute atomic E-state index is 13.0. The van der Waals surface area contributed by atoms with Crippen LogP contribution in [0.2, 0.25) is 0 Å². The molecule has 0 radical (unpaired) electrons. The normalized spacial score (nSPS) is 11.3. The fourth-order valence-corrected chi connectivity index (χ4v) is 4.55. The summed E-state index contributed by atoms with van der Waals surface area (Å²) in [6, 6.07) is 31.2. The number of benzene rings is 4. The third kappa shape index (κ3) is 7.38. The molecule has 7 heteroatoms. The van der Waals surface area contributed by atoms with Crippen molar-refractivity contribution in [2.45, 2.75) is 23.5 Å². The molecule has 4 rings (SSSR count). The van der Waals surface area contributed by atoms with Crippen LogP contribution in [0, 0.1) is 0 Å². The highest BCUT2D eigenvalue weighted by atomic mass is 32.2. The smallest absolute Gasteiger partial charge is 0.255 e. The van der Waals surface area contributed by atoms with Crippen molar-refractivity contribution in [3.05, 3.63) is 109 Å². The molecule has 1 unspecified atom stereocenters. The van der Waals surface area contributed by atoms with Gasteiger partial charge >= 0.3 is 0 Å². The van der Waals surface area contributed by atoms with Crippen LogP contribution in [0.4, 0.5) is 11.4 Å². The molecule has 0 spiro atoms. The molecule has 0 saturated carbocycles. The Labute approximate surface area is 221 Å². The van der Waals surface area contributed by atoms with Gasteiger partial charge in [0.05, 0.1) is 12.4 Å². The van der Waals surface area contributed by atoms with Gasteiger partial charge in [-0.3, -0.25) is 9.59 Å². The number of para-hydroxylation sites is 1. The van der Waals surface area contributed by atoms with E-state index >= 15 is 0 Å². The van der Waals surface area contributed by atoms with Gasteiger partial charge in [-0.05, 0) is 85.3 Å². The van der Waals surface area contributed by atoms with Gasteiger partial charge < -0.3 is 20.1 Å². The van der Waals surface area contributed by atoms with E-state index in [1.54, 1.807) is 31.4 Å². The summed E-state index contributed by atoms with van der Waals surface area (Å²) in [5, 5.41) is 5.60. The molecule has 4 aromatic rings. The second-order valence-electron chi connectivity index (χ2n) is 8.15. The lowest BCUT2D eigenvalue weighted by Crippen LogP contribution is -2.24. The molecule has 0 bridgehead atoms. The van der Waals surface area contributed by atoms with Crippen molar-refractivity contribution in [1.82, 2.24) is 0 Å². The maximum atomic E-state index is 13.0. The van der Waals surface area contributed by atoms with Crippen molar-refractivity contribution in [3.63, 3.8) is 0 Å². The molecular formula is C30H28N2O4S.